The first-order chi connectivity index (χ1) is 11.3. The van der Waals surface area contributed by atoms with Crippen LogP contribution in [0.5, 0.6) is 0 Å². The van der Waals surface area contributed by atoms with E-state index in [-0.39, 0.29) is 30.1 Å². The van der Waals surface area contributed by atoms with Crippen molar-refractivity contribution in [2.24, 2.45) is 12.0 Å². The molecule has 1 atom stereocenters. The Morgan fingerprint density at radius 3 is 3.08 bits per heavy atom. The minimum atomic E-state index is 0. The molecule has 1 aliphatic heterocycles. The maximum absolute atomic E-state index is 5.88. The summed E-state index contributed by atoms with van der Waals surface area (Å²) in [5.74, 6) is 0.916. The van der Waals surface area contributed by atoms with Crippen molar-refractivity contribution < 1.29 is 4.74 Å². The van der Waals surface area contributed by atoms with Gasteiger partial charge >= 0.3 is 0 Å². The zero-order valence-electron chi connectivity index (χ0n) is 13.9. The number of morpholine rings is 1. The topological polar surface area (TPSA) is 67.6 Å². The zero-order chi connectivity index (χ0) is 16.1. The predicted molar refractivity (Wildman–Crippen MR) is 106 cm³/mol. The highest BCUT2D eigenvalue weighted by Gasteiger charge is 2.24. The largest absolute Gasteiger partial charge is 0.370 e. The summed E-state index contributed by atoms with van der Waals surface area (Å²) in [7, 11) is 3.74. The summed E-state index contributed by atoms with van der Waals surface area (Å²) in [6.45, 7) is 3.14. The Morgan fingerprint density at radius 1 is 1.54 bits per heavy atom. The molecule has 1 saturated heterocycles. The molecule has 0 spiro atoms. The summed E-state index contributed by atoms with van der Waals surface area (Å²) in [6, 6.07) is 0. The van der Waals surface area contributed by atoms with Crippen molar-refractivity contribution in [2.75, 3.05) is 33.3 Å². The first-order valence-corrected chi connectivity index (χ1v) is 8.58. The standard InChI is InChI=1S/C15H22N6OS.HI/c1-16-15(18-4-3-14-17-5-8-23-14)21-6-7-22-13(11-21)12-9-19-20(2)10-12;/h5,8-10,13H,3-4,6-7,11H2,1-2H3,(H,16,18);1H. The Balaban J connectivity index is 0.00000208. The number of halogens is 1. The maximum atomic E-state index is 5.88. The fraction of sp³-hybridized carbons (Fsp3) is 0.533. The number of ether oxygens (including phenoxy) is 1. The van der Waals surface area contributed by atoms with E-state index >= 15 is 0 Å². The van der Waals surface area contributed by atoms with E-state index in [9.17, 15) is 0 Å². The molecule has 2 aromatic heterocycles. The highest BCUT2D eigenvalue weighted by Crippen LogP contribution is 2.21. The van der Waals surface area contributed by atoms with Gasteiger partial charge in [0.25, 0.3) is 0 Å². The number of nitrogens with zero attached hydrogens (tertiary/aromatic N) is 5. The molecule has 0 radical (unpaired) electrons. The number of aromatic nitrogens is 3. The van der Waals surface area contributed by atoms with Crippen molar-refractivity contribution in [2.45, 2.75) is 12.5 Å². The number of aliphatic imine (C=N–C) groups is 1. The Bertz CT molecular complexity index is 644. The average molecular weight is 462 g/mol. The molecule has 7 nitrogen and oxygen atoms in total. The van der Waals surface area contributed by atoms with Crippen LogP contribution >= 0.6 is 35.3 Å². The van der Waals surface area contributed by atoms with E-state index in [1.807, 2.05) is 38.1 Å². The van der Waals surface area contributed by atoms with Crippen molar-refractivity contribution >= 4 is 41.3 Å². The van der Waals surface area contributed by atoms with Crippen LogP contribution in [0.15, 0.2) is 29.0 Å². The van der Waals surface area contributed by atoms with Crippen LogP contribution in [0.4, 0.5) is 0 Å². The van der Waals surface area contributed by atoms with Gasteiger partial charge in [0.1, 0.15) is 6.10 Å². The molecule has 2 aromatic rings. The lowest BCUT2D eigenvalue weighted by Crippen LogP contribution is -2.48. The Morgan fingerprint density at radius 2 is 2.42 bits per heavy atom. The molecule has 3 heterocycles. The zero-order valence-corrected chi connectivity index (χ0v) is 17.0. The molecule has 0 aliphatic carbocycles. The molecular weight excluding hydrogens is 439 g/mol. The third-order valence-corrected chi connectivity index (χ3v) is 4.62. The number of thiazole rings is 1. The van der Waals surface area contributed by atoms with Gasteiger partial charge in [-0.15, -0.1) is 35.3 Å². The van der Waals surface area contributed by atoms with Crippen LogP contribution in [0.3, 0.4) is 0 Å². The molecule has 1 unspecified atom stereocenters. The van der Waals surface area contributed by atoms with Gasteiger partial charge in [0, 0.05) is 56.9 Å². The van der Waals surface area contributed by atoms with Crippen LogP contribution in [0.25, 0.3) is 0 Å². The second-order valence-corrected chi connectivity index (χ2v) is 6.38. The Hall–Kier alpha value is -1.20. The molecule has 1 N–H and O–H groups in total. The monoisotopic (exact) mass is 462 g/mol. The van der Waals surface area contributed by atoms with Gasteiger partial charge < -0.3 is 15.0 Å². The molecule has 3 rings (SSSR count). The molecule has 1 aliphatic rings. The highest BCUT2D eigenvalue weighted by molar-refractivity contribution is 14.0. The van der Waals surface area contributed by atoms with E-state index in [0.29, 0.717) is 6.61 Å². The summed E-state index contributed by atoms with van der Waals surface area (Å²) in [5.41, 5.74) is 1.11. The number of hydrogen-bond acceptors (Lipinski definition) is 5. The van der Waals surface area contributed by atoms with Gasteiger partial charge in [-0.2, -0.15) is 5.10 Å². The number of aryl methyl sites for hydroxylation is 1. The van der Waals surface area contributed by atoms with E-state index in [1.165, 1.54) is 0 Å². The smallest absolute Gasteiger partial charge is 0.193 e. The summed E-state index contributed by atoms with van der Waals surface area (Å²) < 4.78 is 7.68. The number of rotatable bonds is 4. The fourth-order valence-electron chi connectivity index (χ4n) is 2.64. The molecule has 9 heteroatoms. The summed E-state index contributed by atoms with van der Waals surface area (Å²) in [4.78, 5) is 10.9. The van der Waals surface area contributed by atoms with Crippen LogP contribution in [-0.2, 0) is 18.2 Å². The minimum Gasteiger partial charge on any atom is -0.370 e. The number of nitrogens with one attached hydrogen (secondary N) is 1. The third-order valence-electron chi connectivity index (χ3n) is 3.78. The van der Waals surface area contributed by atoms with Crippen molar-refractivity contribution in [3.8, 4) is 0 Å². The SMILES string of the molecule is CN=C(NCCc1nccs1)N1CCOC(c2cnn(C)c2)C1.I. The molecular formula is C15H23IN6OS. The second kappa shape index (κ2) is 9.33. The molecule has 0 saturated carbocycles. The van der Waals surface area contributed by atoms with Crippen LogP contribution in [0.1, 0.15) is 16.7 Å². The Kier molecular flexibility index (Phi) is 7.43. The molecule has 24 heavy (non-hydrogen) atoms. The van der Waals surface area contributed by atoms with Crippen molar-refractivity contribution in [3.05, 3.63) is 34.5 Å². The van der Waals surface area contributed by atoms with Crippen LogP contribution in [0.2, 0.25) is 0 Å². The van der Waals surface area contributed by atoms with Gasteiger partial charge in [0.2, 0.25) is 0 Å². The lowest BCUT2D eigenvalue weighted by atomic mass is 10.1. The van der Waals surface area contributed by atoms with Crippen molar-refractivity contribution in [1.82, 2.24) is 25.0 Å². The van der Waals surface area contributed by atoms with E-state index in [2.05, 4.69) is 25.3 Å². The normalized spacial score (nSPS) is 18.3. The lowest BCUT2D eigenvalue weighted by Gasteiger charge is -2.34. The van der Waals surface area contributed by atoms with Crippen molar-refractivity contribution in [3.63, 3.8) is 0 Å². The molecule has 0 bridgehead atoms. The van der Waals surface area contributed by atoms with Crippen LogP contribution in [0, 0.1) is 0 Å². The van der Waals surface area contributed by atoms with E-state index < -0.39 is 0 Å². The molecule has 1 fully saturated rings. The number of hydrogen-bond donors (Lipinski definition) is 1. The highest BCUT2D eigenvalue weighted by atomic mass is 127. The first kappa shape index (κ1) is 19.1. The van der Waals surface area contributed by atoms with Gasteiger partial charge in [-0.1, -0.05) is 0 Å². The fourth-order valence-corrected chi connectivity index (χ4v) is 3.26. The van der Waals surface area contributed by atoms with Crippen LogP contribution in [-0.4, -0.2) is 58.9 Å². The van der Waals surface area contributed by atoms with E-state index in [0.717, 1.165) is 42.6 Å². The second-order valence-electron chi connectivity index (χ2n) is 5.40. The van der Waals surface area contributed by atoms with Gasteiger partial charge in [0.05, 0.1) is 24.4 Å². The quantitative estimate of drug-likeness (QED) is 0.426. The van der Waals surface area contributed by atoms with Gasteiger partial charge in [-0.25, -0.2) is 4.98 Å². The van der Waals surface area contributed by atoms with Crippen LogP contribution < -0.4 is 5.32 Å². The van der Waals surface area contributed by atoms with E-state index in [4.69, 9.17) is 4.74 Å². The number of guanidine groups is 1. The third kappa shape index (κ3) is 4.90. The van der Waals surface area contributed by atoms with Gasteiger partial charge in [-0.3, -0.25) is 9.67 Å². The van der Waals surface area contributed by atoms with E-state index in [1.54, 1.807) is 16.0 Å². The first-order valence-electron chi connectivity index (χ1n) is 7.70. The molecule has 0 amide bonds. The predicted octanol–water partition coefficient (Wildman–Crippen LogP) is 1.69. The Labute approximate surface area is 163 Å². The van der Waals surface area contributed by atoms with Gasteiger partial charge in [0.15, 0.2) is 5.96 Å². The molecule has 0 aromatic carbocycles. The summed E-state index contributed by atoms with van der Waals surface area (Å²) in [5, 5.41) is 10.8. The van der Waals surface area contributed by atoms with Gasteiger partial charge in [-0.05, 0) is 0 Å². The summed E-state index contributed by atoms with van der Waals surface area (Å²) >= 11 is 1.68. The minimum absolute atomic E-state index is 0. The lowest BCUT2D eigenvalue weighted by molar-refractivity contribution is -0.00800. The average Bonchev–Trinajstić information content (AvgIpc) is 3.23. The summed E-state index contributed by atoms with van der Waals surface area (Å²) in [6.07, 6.45) is 6.66. The molecule has 132 valence electrons. The van der Waals surface area contributed by atoms with Crippen molar-refractivity contribution in [1.29, 1.82) is 0 Å². The maximum Gasteiger partial charge on any atom is 0.193 e.